The average Bonchev–Trinajstić information content (AvgIpc) is 3.85. The Kier molecular flexibility index (Phi) is 16.4. The third kappa shape index (κ3) is 8.31. The van der Waals surface area contributed by atoms with Gasteiger partial charge in [-0.25, -0.2) is 0 Å². The second-order valence-electron chi connectivity index (χ2n) is 14.9. The summed E-state index contributed by atoms with van der Waals surface area (Å²) in [5.41, 5.74) is 14.8. The smallest absolute Gasteiger partial charge is 1.00 e. The van der Waals surface area contributed by atoms with Crippen LogP contribution in [0.15, 0.2) is 113 Å². The summed E-state index contributed by atoms with van der Waals surface area (Å²) in [6.45, 7) is 14.3. The van der Waals surface area contributed by atoms with Gasteiger partial charge in [-0.1, -0.05) is 0 Å². The van der Waals surface area contributed by atoms with E-state index in [0.29, 0.717) is 11.8 Å². The van der Waals surface area contributed by atoms with Crippen LogP contribution in [-0.4, -0.2) is 12.9 Å². The molecule has 0 saturated heterocycles. The molecule has 0 amide bonds. The molecule has 0 N–H and O–H groups in total. The van der Waals surface area contributed by atoms with Gasteiger partial charge in [0.1, 0.15) is 0 Å². The molecule has 2 atom stereocenters. The molecule has 0 aliphatic heterocycles. The summed E-state index contributed by atoms with van der Waals surface area (Å²) < 4.78 is 5.20. The van der Waals surface area contributed by atoms with E-state index in [9.17, 15) is 0 Å². The Bertz CT molecular complexity index is 1750. The predicted molar refractivity (Wildman–Crippen MR) is 224 cm³/mol. The number of unbranched alkanes of at least 4 members (excludes halogenated alkanes) is 4. The molecule has 0 heterocycles. The molecule has 52 heavy (non-hydrogen) atoms. The Labute approximate surface area is 346 Å². The maximum absolute atomic E-state index is 6.67. The van der Waals surface area contributed by atoms with Gasteiger partial charge in [0.15, 0.2) is 0 Å². The van der Waals surface area contributed by atoms with E-state index in [4.69, 9.17) is 24.4 Å². The van der Waals surface area contributed by atoms with Gasteiger partial charge in [-0.3, -0.25) is 0 Å². The maximum Gasteiger partial charge on any atom is -1.00 e. The Morgan fingerprint density at radius 2 is 0.885 bits per heavy atom. The van der Waals surface area contributed by atoms with Crippen molar-refractivity contribution in [1.29, 1.82) is 0 Å². The second kappa shape index (κ2) is 19.8. The van der Waals surface area contributed by atoms with Crippen LogP contribution < -0.4 is 24.8 Å². The van der Waals surface area contributed by atoms with Crippen LogP contribution in [0.2, 0.25) is 0 Å². The molecular formula is C47H56Cl2S2Zr. The summed E-state index contributed by atoms with van der Waals surface area (Å²) in [6.07, 6.45) is 19.2. The number of rotatable bonds is 16. The van der Waals surface area contributed by atoms with Crippen LogP contribution >= 0.6 is 24.4 Å². The maximum atomic E-state index is 6.67. The largest absolute Gasteiger partial charge is 1.00 e. The molecule has 2 aromatic carbocycles. The van der Waals surface area contributed by atoms with Crippen molar-refractivity contribution in [3.05, 3.63) is 124 Å². The fourth-order valence-corrected chi connectivity index (χ4v) is 19.2. The van der Waals surface area contributed by atoms with E-state index >= 15 is 0 Å². The first-order valence-electron chi connectivity index (χ1n) is 19.6. The van der Waals surface area contributed by atoms with Gasteiger partial charge in [-0.2, -0.15) is 0 Å². The molecular weight excluding hydrogens is 791 g/mol. The summed E-state index contributed by atoms with van der Waals surface area (Å²) in [5.74, 6) is 0.583. The number of halogens is 2. The third-order valence-corrected chi connectivity index (χ3v) is 20.2. The van der Waals surface area contributed by atoms with Crippen LogP contribution in [0.5, 0.6) is 0 Å². The Balaban J connectivity index is 0.00000302. The van der Waals surface area contributed by atoms with Gasteiger partial charge in [0.2, 0.25) is 0 Å². The van der Waals surface area contributed by atoms with E-state index in [0.717, 1.165) is 25.7 Å². The van der Waals surface area contributed by atoms with E-state index in [-0.39, 0.29) is 24.8 Å². The van der Waals surface area contributed by atoms with Gasteiger partial charge < -0.3 is 24.8 Å². The second-order valence-corrected chi connectivity index (χ2v) is 22.7. The molecule has 4 aliphatic rings. The zero-order valence-corrected chi connectivity index (χ0v) is 37.7. The van der Waals surface area contributed by atoms with Crippen LogP contribution in [0.25, 0.3) is 11.1 Å². The van der Waals surface area contributed by atoms with E-state index in [1.54, 1.807) is 20.9 Å². The van der Waals surface area contributed by atoms with Gasteiger partial charge in [0.05, 0.1) is 0 Å². The Hall–Kier alpha value is -1.61. The van der Waals surface area contributed by atoms with Crippen molar-refractivity contribution in [3.63, 3.8) is 0 Å². The Morgan fingerprint density at radius 3 is 1.21 bits per heavy atom. The van der Waals surface area contributed by atoms with Crippen LogP contribution in [0.1, 0.15) is 130 Å². The van der Waals surface area contributed by atoms with E-state index < -0.39 is 21.3 Å². The van der Waals surface area contributed by atoms with E-state index in [1.165, 1.54) is 106 Å². The van der Waals surface area contributed by atoms with Gasteiger partial charge >= 0.3 is 324 Å². The average molecular weight is 847 g/mol. The SMILES string of the molecule is CCCCC1=C2C(=S)C(CCCC)=[C]([Zr+2]([C]3=C(CCCC)C(=S)C4=C(CCCC)C=C(c5ccccc5)C43)=[C](C)C)C2C(c2ccccc2)=C1.[Cl-].[Cl-]. The Morgan fingerprint density at radius 1 is 0.538 bits per heavy atom. The summed E-state index contributed by atoms with van der Waals surface area (Å²) in [6, 6.07) is 22.6. The molecule has 0 fully saturated rings. The zero-order chi connectivity index (χ0) is 35.4. The van der Waals surface area contributed by atoms with Crippen molar-refractivity contribution in [3.8, 4) is 0 Å². The first-order valence-corrected chi connectivity index (χ1v) is 24.1. The fraction of sp³-hybridized carbons (Fsp3) is 0.426. The number of fused-ring (bicyclic) bond motifs is 2. The van der Waals surface area contributed by atoms with Crippen molar-refractivity contribution in [2.75, 3.05) is 0 Å². The minimum atomic E-state index is -2.80. The molecule has 0 nitrogen and oxygen atoms in total. The molecule has 274 valence electrons. The third-order valence-electron chi connectivity index (χ3n) is 11.2. The normalized spacial score (nSPS) is 19.0. The van der Waals surface area contributed by atoms with Crippen molar-refractivity contribution in [1.82, 2.24) is 0 Å². The van der Waals surface area contributed by atoms with E-state index in [2.05, 4.69) is 114 Å². The molecule has 5 heteroatoms. The first kappa shape index (κ1) is 43.1. The summed E-state index contributed by atoms with van der Waals surface area (Å²) in [7, 11) is 0. The molecule has 0 spiro atoms. The van der Waals surface area contributed by atoms with Crippen molar-refractivity contribution in [2.45, 2.75) is 119 Å². The first-order chi connectivity index (χ1) is 24.4. The predicted octanol–water partition coefficient (Wildman–Crippen LogP) is 7.88. The topological polar surface area (TPSA) is 0 Å². The number of allylic oxidation sites excluding steroid dienone is 12. The standard InChI is InChI=1S/2C22H25S.C3H6.2ClH.Zr/c2*1-3-5-10-17-14-19(16-12-8-7-9-13-16)20-15-18(11-6-4-2)22(23)21(17)20;1-3-2;;;/h2*7-9,12-14,20H,3-6,10-11H2,1-2H3;1-2H3;2*1H;/q;;;;;+2/p-2. The van der Waals surface area contributed by atoms with Gasteiger partial charge in [0.25, 0.3) is 0 Å². The molecule has 4 aliphatic carbocycles. The summed E-state index contributed by atoms with van der Waals surface area (Å²) >= 11 is 10.5. The number of hydrogen-bond donors (Lipinski definition) is 0. The fourth-order valence-electron chi connectivity index (χ4n) is 8.84. The van der Waals surface area contributed by atoms with Crippen molar-refractivity contribution >= 4 is 48.5 Å². The van der Waals surface area contributed by atoms with Crippen LogP contribution in [-0.2, 0) is 21.3 Å². The molecule has 2 aromatic rings. The molecule has 0 saturated carbocycles. The number of hydrogen-bond acceptors (Lipinski definition) is 2. The van der Waals surface area contributed by atoms with Crippen molar-refractivity contribution in [2.24, 2.45) is 11.8 Å². The van der Waals surface area contributed by atoms with Crippen LogP contribution in [0.3, 0.4) is 0 Å². The molecule has 0 bridgehead atoms. The molecule has 2 unspecified atom stereocenters. The molecule has 6 rings (SSSR count). The zero-order valence-electron chi connectivity index (χ0n) is 32.1. The quantitative estimate of drug-likeness (QED) is 0.158. The minimum absolute atomic E-state index is 0. The van der Waals surface area contributed by atoms with E-state index in [1.807, 2.05) is 0 Å². The molecule has 0 radical (unpaired) electrons. The van der Waals surface area contributed by atoms with Gasteiger partial charge in [-0.05, 0) is 0 Å². The summed E-state index contributed by atoms with van der Waals surface area (Å²) in [5, 5.41) is 0. The van der Waals surface area contributed by atoms with Gasteiger partial charge in [-0.15, -0.1) is 0 Å². The minimum Gasteiger partial charge on any atom is -1.00 e. The number of thiocarbonyl (C=S) groups is 2. The number of benzene rings is 2. The van der Waals surface area contributed by atoms with Gasteiger partial charge in [0, 0.05) is 0 Å². The van der Waals surface area contributed by atoms with Crippen LogP contribution in [0.4, 0.5) is 0 Å². The van der Waals surface area contributed by atoms with Crippen molar-refractivity contribution < 1.29 is 46.1 Å². The molecule has 0 aromatic heterocycles. The summed E-state index contributed by atoms with van der Waals surface area (Å²) in [4.78, 5) is 2.40. The van der Waals surface area contributed by atoms with Crippen LogP contribution in [0, 0.1) is 11.8 Å². The monoisotopic (exact) mass is 844 g/mol.